The summed E-state index contributed by atoms with van der Waals surface area (Å²) in [7, 11) is 0. The summed E-state index contributed by atoms with van der Waals surface area (Å²) in [5, 5.41) is 0. The highest BCUT2D eigenvalue weighted by Crippen LogP contribution is 2.09. The topological polar surface area (TPSA) is 52.6 Å². The summed E-state index contributed by atoms with van der Waals surface area (Å²) in [6.45, 7) is 6.61. The second kappa shape index (κ2) is 15.8. The molecule has 0 aromatic heterocycles. The number of hydrogen-bond acceptors (Lipinski definition) is 4. The lowest BCUT2D eigenvalue weighted by molar-refractivity contribution is -0.153. The number of carbonyl (C=O) groups excluding carboxylic acids is 2. The number of rotatable bonds is 15. The zero-order chi connectivity index (χ0) is 17.3. The fraction of sp³-hybridized carbons (Fsp3) is 0.895. The van der Waals surface area contributed by atoms with Gasteiger partial charge in [-0.05, 0) is 19.8 Å². The summed E-state index contributed by atoms with van der Waals surface area (Å²) in [5.74, 6) is -0.608. The van der Waals surface area contributed by atoms with Crippen LogP contribution in [0.25, 0.3) is 0 Å². The minimum Gasteiger partial charge on any atom is -0.466 e. The molecule has 0 aliphatic rings. The molecule has 0 aromatic rings. The largest absolute Gasteiger partial charge is 0.466 e. The van der Waals surface area contributed by atoms with Crippen LogP contribution in [0.5, 0.6) is 0 Å². The van der Waals surface area contributed by atoms with Crippen LogP contribution >= 0.6 is 0 Å². The van der Waals surface area contributed by atoms with Gasteiger partial charge in [0.15, 0.2) is 0 Å². The molecule has 0 aliphatic carbocycles. The predicted molar refractivity (Wildman–Crippen MR) is 93.3 cm³/mol. The third kappa shape index (κ3) is 15.6. The van der Waals surface area contributed by atoms with Gasteiger partial charge in [0.1, 0.15) is 0 Å². The van der Waals surface area contributed by atoms with Crippen LogP contribution in [0.1, 0.15) is 97.8 Å². The average molecular weight is 328 g/mol. The average Bonchev–Trinajstić information content (AvgIpc) is 2.51. The fourth-order valence-electron chi connectivity index (χ4n) is 2.45. The normalized spacial score (nSPS) is 12.0. The summed E-state index contributed by atoms with van der Waals surface area (Å²) >= 11 is 0. The van der Waals surface area contributed by atoms with E-state index in [4.69, 9.17) is 9.47 Å². The highest BCUT2D eigenvalue weighted by molar-refractivity contribution is 5.77. The number of hydrogen-bond donors (Lipinski definition) is 0. The first-order valence-electron chi connectivity index (χ1n) is 9.45. The molecule has 0 spiro atoms. The van der Waals surface area contributed by atoms with E-state index in [0.29, 0.717) is 6.61 Å². The van der Waals surface area contributed by atoms with E-state index in [0.717, 1.165) is 25.7 Å². The molecule has 0 amide bonds. The molecule has 0 bridgehead atoms. The van der Waals surface area contributed by atoms with Crippen LogP contribution in [0.4, 0.5) is 0 Å². The minimum absolute atomic E-state index is 0.0687. The molecule has 4 nitrogen and oxygen atoms in total. The fourth-order valence-corrected chi connectivity index (χ4v) is 2.45. The van der Waals surface area contributed by atoms with Crippen molar-refractivity contribution in [1.82, 2.24) is 0 Å². The Hall–Kier alpha value is -1.06. The SMILES string of the molecule is CCCCCCCCCCOC(=O)CCC(=O)OC(C)CCC. The molecule has 0 saturated carbocycles. The second-order valence-corrected chi connectivity index (χ2v) is 6.28. The van der Waals surface area contributed by atoms with Crippen molar-refractivity contribution >= 4 is 11.9 Å². The van der Waals surface area contributed by atoms with Crippen molar-refractivity contribution in [3.05, 3.63) is 0 Å². The Morgan fingerprint density at radius 1 is 0.783 bits per heavy atom. The van der Waals surface area contributed by atoms with Crippen molar-refractivity contribution in [2.75, 3.05) is 6.61 Å². The highest BCUT2D eigenvalue weighted by atomic mass is 16.5. The lowest BCUT2D eigenvalue weighted by Crippen LogP contribution is -2.16. The molecular formula is C19H36O4. The van der Waals surface area contributed by atoms with Crippen LogP contribution in [-0.4, -0.2) is 24.6 Å². The molecule has 0 aliphatic heterocycles. The molecule has 0 heterocycles. The van der Waals surface area contributed by atoms with E-state index in [1.807, 2.05) is 13.8 Å². The molecular weight excluding hydrogens is 292 g/mol. The van der Waals surface area contributed by atoms with Crippen LogP contribution in [0, 0.1) is 0 Å². The van der Waals surface area contributed by atoms with E-state index in [9.17, 15) is 9.59 Å². The predicted octanol–water partition coefficient (Wildman–Crippen LogP) is 5.18. The Morgan fingerprint density at radius 2 is 1.35 bits per heavy atom. The Morgan fingerprint density at radius 3 is 1.96 bits per heavy atom. The first kappa shape index (κ1) is 21.9. The monoisotopic (exact) mass is 328 g/mol. The second-order valence-electron chi connectivity index (χ2n) is 6.28. The highest BCUT2D eigenvalue weighted by Gasteiger charge is 2.11. The standard InChI is InChI=1S/C19H36O4/c1-4-6-7-8-9-10-11-12-16-22-18(20)14-15-19(21)23-17(3)13-5-2/h17H,4-16H2,1-3H3. The number of unbranched alkanes of at least 4 members (excludes halogenated alkanes) is 7. The minimum atomic E-state index is -0.310. The van der Waals surface area contributed by atoms with Crippen molar-refractivity contribution in [3.63, 3.8) is 0 Å². The van der Waals surface area contributed by atoms with Gasteiger partial charge in [-0.25, -0.2) is 0 Å². The number of esters is 2. The number of carbonyl (C=O) groups is 2. The molecule has 0 aromatic carbocycles. The maximum absolute atomic E-state index is 11.5. The first-order valence-corrected chi connectivity index (χ1v) is 9.45. The van der Waals surface area contributed by atoms with E-state index in [2.05, 4.69) is 6.92 Å². The summed E-state index contributed by atoms with van der Waals surface area (Å²) in [6, 6.07) is 0. The molecule has 1 unspecified atom stereocenters. The molecule has 23 heavy (non-hydrogen) atoms. The van der Waals surface area contributed by atoms with Crippen LogP contribution < -0.4 is 0 Å². The van der Waals surface area contributed by atoms with E-state index >= 15 is 0 Å². The smallest absolute Gasteiger partial charge is 0.306 e. The van der Waals surface area contributed by atoms with Gasteiger partial charge in [-0.15, -0.1) is 0 Å². The third-order valence-corrected chi connectivity index (χ3v) is 3.82. The zero-order valence-electron chi connectivity index (χ0n) is 15.4. The maximum atomic E-state index is 11.5. The Kier molecular flexibility index (Phi) is 15.1. The first-order chi connectivity index (χ1) is 11.1. The van der Waals surface area contributed by atoms with Crippen LogP contribution in [0.2, 0.25) is 0 Å². The molecule has 136 valence electrons. The van der Waals surface area contributed by atoms with E-state index < -0.39 is 0 Å². The lowest BCUT2D eigenvalue weighted by Gasteiger charge is -2.11. The van der Waals surface area contributed by atoms with Crippen molar-refractivity contribution in [2.24, 2.45) is 0 Å². The van der Waals surface area contributed by atoms with Gasteiger partial charge in [0, 0.05) is 0 Å². The van der Waals surface area contributed by atoms with Crippen molar-refractivity contribution < 1.29 is 19.1 Å². The molecule has 0 fully saturated rings. The van der Waals surface area contributed by atoms with Crippen LogP contribution in [0.3, 0.4) is 0 Å². The molecule has 1 atom stereocenters. The van der Waals surface area contributed by atoms with Gasteiger partial charge < -0.3 is 9.47 Å². The van der Waals surface area contributed by atoms with Gasteiger partial charge in [-0.1, -0.05) is 65.2 Å². The maximum Gasteiger partial charge on any atom is 0.306 e. The molecule has 0 rings (SSSR count). The zero-order valence-corrected chi connectivity index (χ0v) is 15.4. The summed E-state index contributed by atoms with van der Waals surface area (Å²) in [4.78, 5) is 23.1. The van der Waals surface area contributed by atoms with Crippen LogP contribution in [0.15, 0.2) is 0 Å². The van der Waals surface area contributed by atoms with Crippen molar-refractivity contribution in [2.45, 2.75) is 104 Å². The van der Waals surface area contributed by atoms with Gasteiger partial charge in [0.05, 0.1) is 25.6 Å². The van der Waals surface area contributed by atoms with Gasteiger partial charge in [-0.2, -0.15) is 0 Å². The van der Waals surface area contributed by atoms with Crippen LogP contribution in [-0.2, 0) is 19.1 Å². The lowest BCUT2D eigenvalue weighted by atomic mass is 10.1. The van der Waals surface area contributed by atoms with Gasteiger partial charge in [0.25, 0.3) is 0 Å². The third-order valence-electron chi connectivity index (χ3n) is 3.82. The summed E-state index contributed by atoms with van der Waals surface area (Å²) in [6.07, 6.45) is 11.8. The van der Waals surface area contributed by atoms with E-state index in [1.54, 1.807) is 0 Å². The molecule has 0 N–H and O–H groups in total. The van der Waals surface area contributed by atoms with Gasteiger partial charge >= 0.3 is 11.9 Å². The van der Waals surface area contributed by atoms with E-state index in [1.165, 1.54) is 38.5 Å². The Labute approximate surface area is 142 Å². The van der Waals surface area contributed by atoms with Gasteiger partial charge in [0.2, 0.25) is 0 Å². The molecule has 0 saturated heterocycles. The van der Waals surface area contributed by atoms with Crippen molar-refractivity contribution in [3.8, 4) is 0 Å². The summed E-state index contributed by atoms with van der Waals surface area (Å²) < 4.78 is 10.3. The van der Waals surface area contributed by atoms with Crippen molar-refractivity contribution in [1.29, 1.82) is 0 Å². The van der Waals surface area contributed by atoms with E-state index in [-0.39, 0.29) is 30.9 Å². The molecule has 4 heteroatoms. The Balaban J connectivity index is 3.41. The quantitative estimate of drug-likeness (QED) is 0.307. The summed E-state index contributed by atoms with van der Waals surface area (Å²) in [5.41, 5.74) is 0. The molecule has 0 radical (unpaired) electrons. The number of ether oxygens (including phenoxy) is 2. The Bertz CT molecular complexity index is 302. The van der Waals surface area contributed by atoms with Gasteiger partial charge in [-0.3, -0.25) is 9.59 Å².